The Hall–Kier alpha value is -2.43. The number of imidazole rings is 1. The standard InChI is InChI=1S/C14H13FN4/c1-9-5-6-12-13(17-9)19(14(16)18-12)8-10-3-2-4-11(15)7-10/h2-7H,8H2,1H3,(H2,16,18). The Morgan fingerprint density at radius 2 is 2.05 bits per heavy atom. The van der Waals surface area contributed by atoms with Gasteiger partial charge in [0.2, 0.25) is 5.95 Å². The average Bonchev–Trinajstić information content (AvgIpc) is 2.66. The van der Waals surface area contributed by atoms with Crippen molar-refractivity contribution >= 4 is 17.1 Å². The quantitative estimate of drug-likeness (QED) is 0.766. The van der Waals surface area contributed by atoms with E-state index in [4.69, 9.17) is 5.73 Å². The average molecular weight is 256 g/mol. The molecule has 0 amide bonds. The number of anilines is 1. The van der Waals surface area contributed by atoms with Crippen molar-refractivity contribution in [2.45, 2.75) is 13.5 Å². The number of fused-ring (bicyclic) bond motifs is 1. The largest absolute Gasteiger partial charge is 0.369 e. The highest BCUT2D eigenvalue weighted by molar-refractivity contribution is 5.74. The highest BCUT2D eigenvalue weighted by atomic mass is 19.1. The Labute approximate surface area is 109 Å². The summed E-state index contributed by atoms with van der Waals surface area (Å²) in [6.45, 7) is 2.37. The van der Waals surface area contributed by atoms with Crippen LogP contribution in [0.1, 0.15) is 11.3 Å². The molecule has 2 heterocycles. The predicted molar refractivity (Wildman–Crippen MR) is 72.2 cm³/mol. The number of pyridine rings is 1. The van der Waals surface area contributed by atoms with E-state index in [1.165, 1.54) is 12.1 Å². The molecule has 0 saturated carbocycles. The summed E-state index contributed by atoms with van der Waals surface area (Å²) in [6.07, 6.45) is 0. The molecule has 4 nitrogen and oxygen atoms in total. The third-order valence-electron chi connectivity index (χ3n) is 2.99. The van der Waals surface area contributed by atoms with Crippen LogP contribution in [0, 0.1) is 12.7 Å². The van der Waals surface area contributed by atoms with Crippen LogP contribution in [0.4, 0.5) is 10.3 Å². The summed E-state index contributed by atoms with van der Waals surface area (Å²) in [5.74, 6) is 0.127. The van der Waals surface area contributed by atoms with Gasteiger partial charge >= 0.3 is 0 Å². The van der Waals surface area contributed by atoms with E-state index >= 15 is 0 Å². The van der Waals surface area contributed by atoms with Gasteiger partial charge in [-0.05, 0) is 36.8 Å². The summed E-state index contributed by atoms with van der Waals surface area (Å²) in [5.41, 5.74) is 9.11. The minimum Gasteiger partial charge on any atom is -0.369 e. The Morgan fingerprint density at radius 3 is 2.84 bits per heavy atom. The van der Waals surface area contributed by atoms with E-state index in [2.05, 4.69) is 9.97 Å². The monoisotopic (exact) mass is 256 g/mol. The normalized spacial score (nSPS) is 11.1. The Kier molecular flexibility index (Phi) is 2.67. The molecule has 0 spiro atoms. The van der Waals surface area contributed by atoms with Crippen LogP contribution >= 0.6 is 0 Å². The molecule has 0 saturated heterocycles. The number of aryl methyl sites for hydroxylation is 1. The predicted octanol–water partition coefficient (Wildman–Crippen LogP) is 2.51. The summed E-state index contributed by atoms with van der Waals surface area (Å²) < 4.78 is 15.0. The van der Waals surface area contributed by atoms with Crippen molar-refractivity contribution in [2.24, 2.45) is 0 Å². The van der Waals surface area contributed by atoms with Crippen LogP contribution in [0.5, 0.6) is 0 Å². The van der Waals surface area contributed by atoms with Gasteiger partial charge in [-0.3, -0.25) is 4.57 Å². The highest BCUT2D eigenvalue weighted by Gasteiger charge is 2.10. The first-order valence-electron chi connectivity index (χ1n) is 5.97. The molecule has 96 valence electrons. The van der Waals surface area contributed by atoms with Gasteiger partial charge in [0.05, 0.1) is 6.54 Å². The zero-order chi connectivity index (χ0) is 13.4. The number of rotatable bonds is 2. The van der Waals surface area contributed by atoms with Crippen LogP contribution in [-0.2, 0) is 6.54 Å². The van der Waals surface area contributed by atoms with Crippen LogP contribution in [0.15, 0.2) is 36.4 Å². The minimum atomic E-state index is -0.260. The van der Waals surface area contributed by atoms with E-state index in [0.29, 0.717) is 12.5 Å². The number of halogens is 1. The molecule has 2 N–H and O–H groups in total. The van der Waals surface area contributed by atoms with Gasteiger partial charge in [0.1, 0.15) is 11.3 Å². The molecule has 3 rings (SSSR count). The van der Waals surface area contributed by atoms with Gasteiger partial charge in [-0.25, -0.2) is 14.4 Å². The van der Waals surface area contributed by atoms with Crippen LogP contribution < -0.4 is 5.73 Å². The molecule has 0 radical (unpaired) electrons. The molecule has 0 fully saturated rings. The van der Waals surface area contributed by atoms with Crippen LogP contribution in [0.2, 0.25) is 0 Å². The van der Waals surface area contributed by atoms with Crippen molar-refractivity contribution < 1.29 is 4.39 Å². The summed E-state index contributed by atoms with van der Waals surface area (Å²) in [6, 6.07) is 10.2. The summed E-state index contributed by atoms with van der Waals surface area (Å²) in [4.78, 5) is 8.70. The van der Waals surface area contributed by atoms with E-state index < -0.39 is 0 Å². The minimum absolute atomic E-state index is 0.260. The molecular weight excluding hydrogens is 243 g/mol. The summed E-state index contributed by atoms with van der Waals surface area (Å²) in [5, 5.41) is 0. The van der Waals surface area contributed by atoms with Crippen molar-refractivity contribution in [1.29, 1.82) is 0 Å². The lowest BCUT2D eigenvalue weighted by Gasteiger charge is -2.06. The number of nitrogens with zero attached hydrogens (tertiary/aromatic N) is 3. The van der Waals surface area contributed by atoms with Crippen LogP contribution in [0.3, 0.4) is 0 Å². The number of hydrogen-bond acceptors (Lipinski definition) is 3. The first kappa shape index (κ1) is 11.6. The third-order valence-corrected chi connectivity index (χ3v) is 2.99. The Bertz CT molecular complexity index is 748. The molecule has 0 aliphatic carbocycles. The summed E-state index contributed by atoms with van der Waals surface area (Å²) in [7, 11) is 0. The van der Waals surface area contributed by atoms with E-state index in [9.17, 15) is 4.39 Å². The molecule has 19 heavy (non-hydrogen) atoms. The van der Waals surface area contributed by atoms with Crippen molar-refractivity contribution in [3.63, 3.8) is 0 Å². The summed E-state index contributed by atoms with van der Waals surface area (Å²) >= 11 is 0. The highest BCUT2D eigenvalue weighted by Crippen LogP contribution is 2.18. The smallest absolute Gasteiger partial charge is 0.202 e. The van der Waals surface area contributed by atoms with Crippen LogP contribution in [0.25, 0.3) is 11.2 Å². The fraction of sp³-hybridized carbons (Fsp3) is 0.143. The molecule has 3 aromatic rings. The SMILES string of the molecule is Cc1ccc2nc(N)n(Cc3cccc(F)c3)c2n1. The second-order valence-electron chi connectivity index (χ2n) is 4.48. The van der Waals surface area contributed by atoms with E-state index in [1.807, 2.05) is 25.1 Å². The lowest BCUT2D eigenvalue weighted by molar-refractivity contribution is 0.624. The molecule has 0 atom stereocenters. The van der Waals surface area contributed by atoms with Crippen molar-refractivity contribution in [1.82, 2.24) is 14.5 Å². The lowest BCUT2D eigenvalue weighted by atomic mass is 10.2. The van der Waals surface area contributed by atoms with E-state index in [0.717, 1.165) is 22.4 Å². The van der Waals surface area contributed by atoms with Crippen LogP contribution in [-0.4, -0.2) is 14.5 Å². The fourth-order valence-corrected chi connectivity index (χ4v) is 2.09. The van der Waals surface area contributed by atoms with Gasteiger partial charge in [0.25, 0.3) is 0 Å². The second-order valence-corrected chi connectivity index (χ2v) is 4.48. The van der Waals surface area contributed by atoms with Gasteiger partial charge in [0.15, 0.2) is 5.65 Å². The number of nitrogens with two attached hydrogens (primary N) is 1. The van der Waals surface area contributed by atoms with Gasteiger partial charge < -0.3 is 5.73 Å². The van der Waals surface area contributed by atoms with Crippen molar-refractivity contribution in [2.75, 3.05) is 5.73 Å². The molecule has 2 aromatic heterocycles. The lowest BCUT2D eigenvalue weighted by Crippen LogP contribution is -2.05. The van der Waals surface area contributed by atoms with E-state index in [1.54, 1.807) is 10.6 Å². The molecule has 0 unspecified atom stereocenters. The zero-order valence-corrected chi connectivity index (χ0v) is 10.5. The maximum atomic E-state index is 13.2. The molecule has 5 heteroatoms. The topological polar surface area (TPSA) is 56.7 Å². The zero-order valence-electron chi connectivity index (χ0n) is 10.5. The molecule has 0 bridgehead atoms. The number of hydrogen-bond donors (Lipinski definition) is 1. The maximum Gasteiger partial charge on any atom is 0.202 e. The third kappa shape index (κ3) is 2.14. The first-order chi connectivity index (χ1) is 9.13. The number of nitrogen functional groups attached to an aromatic ring is 1. The van der Waals surface area contributed by atoms with Gasteiger partial charge in [-0.15, -0.1) is 0 Å². The molecule has 1 aromatic carbocycles. The number of aromatic nitrogens is 3. The maximum absolute atomic E-state index is 13.2. The van der Waals surface area contributed by atoms with Crippen molar-refractivity contribution in [3.05, 3.63) is 53.5 Å². The second kappa shape index (κ2) is 4.35. The Balaban J connectivity index is 2.09. The van der Waals surface area contributed by atoms with Gasteiger partial charge in [-0.1, -0.05) is 12.1 Å². The van der Waals surface area contributed by atoms with Gasteiger partial charge in [-0.2, -0.15) is 0 Å². The molecule has 0 aliphatic rings. The fourth-order valence-electron chi connectivity index (χ4n) is 2.09. The molecular formula is C14H13FN4. The Morgan fingerprint density at radius 1 is 1.21 bits per heavy atom. The van der Waals surface area contributed by atoms with Gasteiger partial charge in [0, 0.05) is 5.69 Å². The molecule has 0 aliphatic heterocycles. The van der Waals surface area contributed by atoms with Crippen molar-refractivity contribution in [3.8, 4) is 0 Å². The van der Waals surface area contributed by atoms with E-state index in [-0.39, 0.29) is 5.82 Å². The number of benzene rings is 1. The first-order valence-corrected chi connectivity index (χ1v) is 5.97.